The Morgan fingerprint density at radius 3 is 2.95 bits per heavy atom. The molecule has 2 heterocycles. The van der Waals surface area contributed by atoms with Gasteiger partial charge in [-0.05, 0) is 37.1 Å². The lowest BCUT2D eigenvalue weighted by atomic mass is 10.1. The van der Waals surface area contributed by atoms with Crippen LogP contribution in [0.2, 0.25) is 0 Å². The minimum absolute atomic E-state index is 0.0257. The van der Waals surface area contributed by atoms with Gasteiger partial charge in [-0.25, -0.2) is 0 Å². The average Bonchev–Trinajstić information content (AvgIpc) is 3.12. The topological polar surface area (TPSA) is 47.6 Å². The first-order valence-corrected chi connectivity index (χ1v) is 8.04. The molecule has 5 heteroatoms. The normalized spacial score (nSPS) is 18.1. The Labute approximate surface area is 132 Å². The maximum absolute atomic E-state index is 12.5. The molecule has 2 aliphatic rings. The molecule has 0 spiro atoms. The molecule has 0 unspecified atom stereocenters. The number of rotatable bonds is 2. The number of hydrogen-bond donors (Lipinski definition) is 1. The van der Waals surface area contributed by atoms with Gasteiger partial charge in [-0.2, -0.15) is 0 Å². The molecule has 1 N–H and O–H groups in total. The number of carbonyl (C=O) groups excluding carboxylic acids is 1. The van der Waals surface area contributed by atoms with Crippen LogP contribution in [-0.2, 0) is 11.2 Å². The molecule has 112 valence electrons. The maximum atomic E-state index is 12.5. The molecule has 22 heavy (non-hydrogen) atoms. The van der Waals surface area contributed by atoms with Gasteiger partial charge in [0.15, 0.2) is 11.5 Å². The number of carbonyl (C=O) groups is 1. The lowest BCUT2D eigenvalue weighted by Crippen LogP contribution is -2.24. The molecule has 4 rings (SSSR count). The molecular formula is C17H15NO3S. The van der Waals surface area contributed by atoms with Crippen LogP contribution in [0.25, 0.3) is 0 Å². The summed E-state index contributed by atoms with van der Waals surface area (Å²) in [4.78, 5) is 13.7. The molecule has 0 radical (unpaired) electrons. The third-order valence-electron chi connectivity index (χ3n) is 3.83. The summed E-state index contributed by atoms with van der Waals surface area (Å²) in [5.41, 5.74) is 3.21. The quantitative estimate of drug-likeness (QED) is 0.923. The highest BCUT2D eigenvalue weighted by Gasteiger charge is 2.28. The average molecular weight is 313 g/mol. The minimum Gasteiger partial charge on any atom is -0.454 e. The van der Waals surface area contributed by atoms with Crippen molar-refractivity contribution < 1.29 is 14.3 Å². The Morgan fingerprint density at radius 2 is 2.05 bits per heavy atom. The van der Waals surface area contributed by atoms with Gasteiger partial charge in [-0.1, -0.05) is 17.7 Å². The number of amides is 1. The lowest BCUT2D eigenvalue weighted by Gasteiger charge is -2.10. The summed E-state index contributed by atoms with van der Waals surface area (Å²) in [5.74, 6) is 1.42. The summed E-state index contributed by atoms with van der Waals surface area (Å²) in [6.45, 7) is 2.31. The molecule has 2 aliphatic heterocycles. The highest BCUT2D eigenvalue weighted by atomic mass is 32.2. The number of ether oxygens (including phenoxy) is 2. The largest absolute Gasteiger partial charge is 0.454 e. The van der Waals surface area contributed by atoms with Crippen LogP contribution in [-0.4, -0.2) is 18.0 Å². The van der Waals surface area contributed by atoms with Crippen LogP contribution in [0.1, 0.15) is 11.1 Å². The second-order valence-electron chi connectivity index (χ2n) is 5.48. The molecule has 0 fully saturated rings. The highest BCUT2D eigenvalue weighted by molar-refractivity contribution is 8.01. The van der Waals surface area contributed by atoms with Crippen molar-refractivity contribution in [3.8, 4) is 11.5 Å². The van der Waals surface area contributed by atoms with Crippen molar-refractivity contribution in [3.05, 3.63) is 47.5 Å². The second-order valence-corrected chi connectivity index (χ2v) is 6.72. The van der Waals surface area contributed by atoms with Crippen LogP contribution in [0.5, 0.6) is 11.5 Å². The van der Waals surface area contributed by atoms with Crippen LogP contribution in [0.4, 0.5) is 5.69 Å². The highest BCUT2D eigenvalue weighted by Crippen LogP contribution is 2.39. The Hall–Kier alpha value is -2.14. The molecule has 0 saturated heterocycles. The second kappa shape index (κ2) is 5.25. The summed E-state index contributed by atoms with van der Waals surface area (Å²) in [7, 11) is 0. The molecule has 1 atom stereocenters. The summed E-state index contributed by atoms with van der Waals surface area (Å²) < 4.78 is 10.6. The number of fused-ring (bicyclic) bond motifs is 2. The molecule has 0 bridgehead atoms. The van der Waals surface area contributed by atoms with E-state index in [2.05, 4.69) is 30.4 Å². The number of hydrogen-bond acceptors (Lipinski definition) is 4. The lowest BCUT2D eigenvalue weighted by molar-refractivity contribution is -0.115. The summed E-state index contributed by atoms with van der Waals surface area (Å²) in [6, 6.07) is 11.8. The predicted molar refractivity (Wildman–Crippen MR) is 85.7 cm³/mol. The molecule has 1 amide bonds. The standard InChI is InChI=1S/C17H15NO3S/c1-10-2-3-11-7-16(22-15(11)6-10)17(19)18-12-4-5-13-14(8-12)21-9-20-13/h2-6,8,16H,7,9H2,1H3,(H,18,19)/t16-/m0/s1. The minimum atomic E-state index is -0.0813. The van der Waals surface area contributed by atoms with Crippen molar-refractivity contribution >= 4 is 23.4 Å². The van der Waals surface area contributed by atoms with Crippen molar-refractivity contribution in [3.63, 3.8) is 0 Å². The van der Waals surface area contributed by atoms with E-state index in [9.17, 15) is 4.79 Å². The first-order chi connectivity index (χ1) is 10.7. The Bertz CT molecular complexity index is 760. The number of nitrogens with one attached hydrogen (secondary N) is 1. The van der Waals surface area contributed by atoms with Crippen molar-refractivity contribution in [2.45, 2.75) is 23.5 Å². The van der Waals surface area contributed by atoms with Crippen LogP contribution in [0.15, 0.2) is 41.3 Å². The van der Waals surface area contributed by atoms with Crippen LogP contribution >= 0.6 is 11.8 Å². The summed E-state index contributed by atoms with van der Waals surface area (Å²) in [5, 5.41) is 2.89. The van der Waals surface area contributed by atoms with E-state index in [0.717, 1.165) is 17.9 Å². The zero-order valence-corrected chi connectivity index (χ0v) is 12.9. The van der Waals surface area contributed by atoms with Crippen LogP contribution in [0, 0.1) is 6.92 Å². The Balaban J connectivity index is 1.47. The SMILES string of the molecule is Cc1ccc2c(c1)S[C@H](C(=O)Nc1ccc3c(c1)OCO3)C2. The van der Waals surface area contributed by atoms with Crippen molar-refractivity contribution in [2.24, 2.45) is 0 Å². The maximum Gasteiger partial charge on any atom is 0.238 e. The molecule has 2 aromatic rings. The Morgan fingerprint density at radius 1 is 1.18 bits per heavy atom. The fraction of sp³-hybridized carbons (Fsp3) is 0.235. The summed E-state index contributed by atoms with van der Waals surface area (Å²) in [6.07, 6.45) is 0.774. The van der Waals surface area contributed by atoms with Gasteiger partial charge in [0.2, 0.25) is 12.7 Å². The van der Waals surface area contributed by atoms with Gasteiger partial charge in [0.1, 0.15) is 0 Å². The fourth-order valence-corrected chi connectivity index (χ4v) is 3.97. The smallest absolute Gasteiger partial charge is 0.238 e. The zero-order valence-electron chi connectivity index (χ0n) is 12.1. The van der Waals surface area contributed by atoms with Gasteiger partial charge in [0.05, 0.1) is 5.25 Å². The van der Waals surface area contributed by atoms with Crippen molar-refractivity contribution in [1.82, 2.24) is 0 Å². The van der Waals surface area contributed by atoms with Crippen molar-refractivity contribution in [2.75, 3.05) is 12.1 Å². The zero-order chi connectivity index (χ0) is 15.1. The van der Waals surface area contributed by atoms with E-state index in [1.807, 2.05) is 12.1 Å². The first kappa shape index (κ1) is 13.5. The molecule has 2 aromatic carbocycles. The van der Waals surface area contributed by atoms with Crippen LogP contribution in [0.3, 0.4) is 0 Å². The molecule has 4 nitrogen and oxygen atoms in total. The Kier molecular flexibility index (Phi) is 3.22. The van der Waals surface area contributed by atoms with Gasteiger partial charge >= 0.3 is 0 Å². The van der Waals surface area contributed by atoms with Gasteiger partial charge in [-0.3, -0.25) is 4.79 Å². The van der Waals surface area contributed by atoms with Gasteiger partial charge in [0.25, 0.3) is 0 Å². The van der Waals surface area contributed by atoms with E-state index < -0.39 is 0 Å². The fourth-order valence-electron chi connectivity index (χ4n) is 2.68. The van der Waals surface area contributed by atoms with E-state index in [-0.39, 0.29) is 18.0 Å². The predicted octanol–water partition coefficient (Wildman–Crippen LogP) is 3.38. The number of thioether (sulfide) groups is 1. The van der Waals surface area contributed by atoms with E-state index in [0.29, 0.717) is 5.75 Å². The van der Waals surface area contributed by atoms with E-state index >= 15 is 0 Å². The molecule has 0 saturated carbocycles. The van der Waals surface area contributed by atoms with Gasteiger partial charge < -0.3 is 14.8 Å². The summed E-state index contributed by atoms with van der Waals surface area (Å²) >= 11 is 1.64. The molecule has 0 aromatic heterocycles. The third-order valence-corrected chi connectivity index (χ3v) is 5.13. The number of aryl methyl sites for hydroxylation is 1. The van der Waals surface area contributed by atoms with E-state index in [4.69, 9.17) is 9.47 Å². The van der Waals surface area contributed by atoms with Crippen LogP contribution < -0.4 is 14.8 Å². The van der Waals surface area contributed by atoms with E-state index in [1.165, 1.54) is 16.0 Å². The molecule has 0 aliphatic carbocycles. The van der Waals surface area contributed by atoms with Crippen molar-refractivity contribution in [1.29, 1.82) is 0 Å². The van der Waals surface area contributed by atoms with Gasteiger partial charge in [-0.15, -0.1) is 11.8 Å². The first-order valence-electron chi connectivity index (χ1n) is 7.16. The van der Waals surface area contributed by atoms with Gasteiger partial charge in [0, 0.05) is 16.6 Å². The van der Waals surface area contributed by atoms with E-state index in [1.54, 1.807) is 17.8 Å². The monoisotopic (exact) mass is 313 g/mol. The third kappa shape index (κ3) is 2.41. The number of benzene rings is 2. The number of anilines is 1. The molecular weight excluding hydrogens is 298 g/mol.